The van der Waals surface area contributed by atoms with Crippen LogP contribution >= 0.6 is 0 Å². The Hall–Kier alpha value is -1.75. The number of ether oxygens (including phenoxy) is 1. The number of hydrazine groups is 1. The van der Waals surface area contributed by atoms with E-state index < -0.39 is 0 Å². The van der Waals surface area contributed by atoms with Crippen molar-refractivity contribution in [1.82, 2.24) is 10.3 Å². The van der Waals surface area contributed by atoms with Crippen LogP contribution in [0.25, 0.3) is 0 Å². The summed E-state index contributed by atoms with van der Waals surface area (Å²) < 4.78 is 5.20. The molecule has 100 valence electrons. The molecular formula is C13H22N4O. The highest BCUT2D eigenvalue weighted by molar-refractivity contribution is 5.79. The largest absolute Gasteiger partial charge is 0.497 e. The van der Waals surface area contributed by atoms with Gasteiger partial charge in [-0.3, -0.25) is 5.43 Å². The number of hydrogen-bond acceptors (Lipinski definition) is 3. The SMILES string of the molecule is COc1cccc(CN(C)C(=NC(C)C)NN)c1. The smallest absolute Gasteiger partial charge is 0.208 e. The van der Waals surface area contributed by atoms with Gasteiger partial charge in [0.2, 0.25) is 5.96 Å². The van der Waals surface area contributed by atoms with E-state index in [4.69, 9.17) is 10.6 Å². The number of nitrogens with zero attached hydrogens (tertiary/aromatic N) is 2. The standard InChI is InChI=1S/C13H22N4O/c1-10(2)15-13(16-14)17(3)9-11-6-5-7-12(8-11)18-4/h5-8,10H,9,14H2,1-4H3,(H,15,16). The number of aliphatic imine (C=N–C) groups is 1. The van der Waals surface area contributed by atoms with Crippen LogP contribution in [0.1, 0.15) is 19.4 Å². The first-order chi connectivity index (χ1) is 8.56. The second-order valence-corrected chi connectivity index (χ2v) is 4.40. The fourth-order valence-electron chi connectivity index (χ4n) is 1.61. The van der Waals surface area contributed by atoms with Crippen molar-refractivity contribution in [2.24, 2.45) is 10.8 Å². The quantitative estimate of drug-likeness (QED) is 0.366. The third-order valence-electron chi connectivity index (χ3n) is 2.43. The maximum atomic E-state index is 5.48. The zero-order valence-corrected chi connectivity index (χ0v) is 11.5. The van der Waals surface area contributed by atoms with Gasteiger partial charge in [0.1, 0.15) is 5.75 Å². The Balaban J connectivity index is 2.76. The minimum atomic E-state index is 0.198. The summed E-state index contributed by atoms with van der Waals surface area (Å²) in [6, 6.07) is 8.14. The number of nitrogens with one attached hydrogen (secondary N) is 1. The molecule has 0 heterocycles. The van der Waals surface area contributed by atoms with Crippen molar-refractivity contribution in [2.75, 3.05) is 14.2 Å². The maximum Gasteiger partial charge on any atom is 0.208 e. The van der Waals surface area contributed by atoms with Gasteiger partial charge in [0, 0.05) is 19.6 Å². The second-order valence-electron chi connectivity index (χ2n) is 4.40. The highest BCUT2D eigenvalue weighted by atomic mass is 16.5. The lowest BCUT2D eigenvalue weighted by atomic mass is 10.2. The van der Waals surface area contributed by atoms with Crippen molar-refractivity contribution in [1.29, 1.82) is 0 Å². The summed E-state index contributed by atoms with van der Waals surface area (Å²) in [6.45, 7) is 4.74. The van der Waals surface area contributed by atoms with Gasteiger partial charge >= 0.3 is 0 Å². The summed E-state index contributed by atoms with van der Waals surface area (Å²) in [5, 5.41) is 0. The van der Waals surface area contributed by atoms with Gasteiger partial charge in [-0.25, -0.2) is 10.8 Å². The Kier molecular flexibility index (Phi) is 5.45. The molecule has 0 aliphatic carbocycles. The molecule has 0 aliphatic rings. The van der Waals surface area contributed by atoms with Gasteiger partial charge in [-0.1, -0.05) is 12.1 Å². The summed E-state index contributed by atoms with van der Waals surface area (Å²) in [7, 11) is 3.61. The molecule has 0 spiro atoms. The van der Waals surface area contributed by atoms with E-state index in [-0.39, 0.29) is 6.04 Å². The molecular weight excluding hydrogens is 228 g/mol. The van der Waals surface area contributed by atoms with Gasteiger partial charge in [0.05, 0.1) is 7.11 Å². The Bertz CT molecular complexity index is 404. The Morgan fingerprint density at radius 2 is 2.22 bits per heavy atom. The summed E-state index contributed by atoms with van der Waals surface area (Å²) in [5.41, 5.74) is 3.77. The zero-order valence-electron chi connectivity index (χ0n) is 11.5. The number of hydrogen-bond donors (Lipinski definition) is 2. The molecule has 18 heavy (non-hydrogen) atoms. The predicted octanol–water partition coefficient (Wildman–Crippen LogP) is 1.35. The summed E-state index contributed by atoms with van der Waals surface area (Å²) in [6.07, 6.45) is 0. The molecule has 5 heteroatoms. The van der Waals surface area contributed by atoms with Crippen LogP contribution in [-0.2, 0) is 6.54 Å². The van der Waals surface area contributed by atoms with E-state index in [0.29, 0.717) is 12.5 Å². The van der Waals surface area contributed by atoms with Gasteiger partial charge in [0.15, 0.2) is 0 Å². The molecule has 0 radical (unpaired) electrons. The van der Waals surface area contributed by atoms with E-state index in [2.05, 4.69) is 10.4 Å². The fraction of sp³-hybridized carbons (Fsp3) is 0.462. The second kappa shape index (κ2) is 6.86. The lowest BCUT2D eigenvalue weighted by Gasteiger charge is -2.21. The molecule has 0 unspecified atom stereocenters. The summed E-state index contributed by atoms with van der Waals surface area (Å²) >= 11 is 0. The first kappa shape index (κ1) is 14.3. The van der Waals surface area contributed by atoms with E-state index in [0.717, 1.165) is 11.3 Å². The molecule has 1 aromatic carbocycles. The van der Waals surface area contributed by atoms with E-state index in [1.165, 1.54) is 0 Å². The van der Waals surface area contributed by atoms with Crippen molar-refractivity contribution in [2.45, 2.75) is 26.4 Å². The van der Waals surface area contributed by atoms with Crippen molar-refractivity contribution < 1.29 is 4.74 Å². The van der Waals surface area contributed by atoms with Crippen LogP contribution < -0.4 is 16.0 Å². The van der Waals surface area contributed by atoms with Crippen molar-refractivity contribution in [3.8, 4) is 5.75 Å². The minimum Gasteiger partial charge on any atom is -0.497 e. The highest BCUT2D eigenvalue weighted by Gasteiger charge is 2.07. The van der Waals surface area contributed by atoms with Crippen molar-refractivity contribution in [3.63, 3.8) is 0 Å². The minimum absolute atomic E-state index is 0.198. The molecule has 0 aliphatic heterocycles. The van der Waals surface area contributed by atoms with E-state index >= 15 is 0 Å². The van der Waals surface area contributed by atoms with Crippen LogP contribution in [0.15, 0.2) is 29.3 Å². The van der Waals surface area contributed by atoms with Crippen LogP contribution in [0, 0.1) is 0 Å². The molecule has 3 N–H and O–H groups in total. The lowest BCUT2D eigenvalue weighted by Crippen LogP contribution is -2.42. The van der Waals surface area contributed by atoms with E-state index in [9.17, 15) is 0 Å². The molecule has 5 nitrogen and oxygen atoms in total. The van der Waals surface area contributed by atoms with Gasteiger partial charge in [0.25, 0.3) is 0 Å². The van der Waals surface area contributed by atoms with Gasteiger partial charge < -0.3 is 9.64 Å². The van der Waals surface area contributed by atoms with Gasteiger partial charge in [-0.15, -0.1) is 0 Å². The Morgan fingerprint density at radius 3 is 2.78 bits per heavy atom. The number of nitrogens with two attached hydrogens (primary N) is 1. The fourth-order valence-corrected chi connectivity index (χ4v) is 1.61. The number of benzene rings is 1. The van der Waals surface area contributed by atoms with Crippen molar-refractivity contribution >= 4 is 5.96 Å². The molecule has 0 fully saturated rings. The average Bonchev–Trinajstić information content (AvgIpc) is 2.35. The number of rotatable bonds is 4. The normalized spacial score (nSPS) is 11.6. The van der Waals surface area contributed by atoms with Crippen LogP contribution in [0.2, 0.25) is 0 Å². The molecule has 0 saturated heterocycles. The van der Waals surface area contributed by atoms with Gasteiger partial charge in [-0.05, 0) is 31.5 Å². The lowest BCUT2D eigenvalue weighted by molar-refractivity contribution is 0.412. The number of methoxy groups -OCH3 is 1. The maximum absolute atomic E-state index is 5.48. The molecule has 0 bridgehead atoms. The van der Waals surface area contributed by atoms with Crippen LogP contribution in [0.4, 0.5) is 0 Å². The first-order valence-corrected chi connectivity index (χ1v) is 5.95. The average molecular weight is 250 g/mol. The van der Waals surface area contributed by atoms with Gasteiger partial charge in [-0.2, -0.15) is 0 Å². The molecule has 1 aromatic rings. The van der Waals surface area contributed by atoms with Crippen LogP contribution in [0.5, 0.6) is 5.75 Å². The molecule has 0 amide bonds. The molecule has 1 rings (SSSR count). The Labute approximate surface area is 109 Å². The first-order valence-electron chi connectivity index (χ1n) is 5.95. The predicted molar refractivity (Wildman–Crippen MR) is 74.4 cm³/mol. The highest BCUT2D eigenvalue weighted by Crippen LogP contribution is 2.13. The van der Waals surface area contributed by atoms with E-state index in [1.54, 1.807) is 7.11 Å². The monoisotopic (exact) mass is 250 g/mol. The topological polar surface area (TPSA) is 62.9 Å². The zero-order chi connectivity index (χ0) is 13.5. The molecule has 0 saturated carbocycles. The van der Waals surface area contributed by atoms with Crippen molar-refractivity contribution in [3.05, 3.63) is 29.8 Å². The Morgan fingerprint density at radius 1 is 1.50 bits per heavy atom. The molecule has 0 aromatic heterocycles. The summed E-state index contributed by atoms with van der Waals surface area (Å²) in [5.74, 6) is 7.01. The van der Waals surface area contributed by atoms with E-state index in [1.807, 2.05) is 50.1 Å². The summed E-state index contributed by atoms with van der Waals surface area (Å²) in [4.78, 5) is 6.38. The molecule has 0 atom stereocenters. The van der Waals surface area contributed by atoms with Crippen LogP contribution in [-0.4, -0.2) is 31.1 Å². The third kappa shape index (κ3) is 4.25. The van der Waals surface area contributed by atoms with Crippen LogP contribution in [0.3, 0.4) is 0 Å². The number of guanidine groups is 1. The third-order valence-corrected chi connectivity index (χ3v) is 2.43.